The fourth-order valence-electron chi connectivity index (χ4n) is 3.54. The summed E-state index contributed by atoms with van der Waals surface area (Å²) < 4.78 is 28.1. The van der Waals surface area contributed by atoms with E-state index < -0.39 is 10.0 Å². The van der Waals surface area contributed by atoms with Crippen molar-refractivity contribution < 1.29 is 13.2 Å². The smallest absolute Gasteiger partial charge is 0.264 e. The average molecular weight is 451 g/mol. The summed E-state index contributed by atoms with van der Waals surface area (Å²) in [5, 5.41) is 2.99. The molecule has 0 aliphatic heterocycles. The van der Waals surface area contributed by atoms with Crippen molar-refractivity contribution in [3.8, 4) is 0 Å². The van der Waals surface area contributed by atoms with E-state index in [0.29, 0.717) is 18.0 Å². The highest BCUT2D eigenvalue weighted by molar-refractivity contribution is 7.92. The summed E-state index contributed by atoms with van der Waals surface area (Å²) in [6.45, 7) is 5.84. The fraction of sp³-hybridized carbons (Fsp3) is 0.269. The first-order chi connectivity index (χ1) is 15.3. The molecule has 0 saturated carbocycles. The molecule has 1 atom stereocenters. The van der Waals surface area contributed by atoms with E-state index in [0.717, 1.165) is 11.1 Å². The van der Waals surface area contributed by atoms with Gasteiger partial charge in [-0.2, -0.15) is 0 Å². The standard InChI is InChI=1S/C26H30N2O3S/c1-4-25(22-11-7-5-8-12-22)27-26(29)19-28(23-17-15-21(16-18-23)20(2)3)32(30,31)24-13-9-6-10-14-24/h5-18,20,25H,4,19H2,1-3H3,(H,27,29)/t25-/m0/s1. The number of nitrogens with zero attached hydrogens (tertiary/aromatic N) is 1. The van der Waals surface area contributed by atoms with Crippen molar-refractivity contribution in [1.29, 1.82) is 0 Å². The first-order valence-corrected chi connectivity index (χ1v) is 12.3. The van der Waals surface area contributed by atoms with Crippen LogP contribution >= 0.6 is 0 Å². The highest BCUT2D eigenvalue weighted by Crippen LogP contribution is 2.26. The second kappa shape index (κ2) is 10.5. The molecule has 1 N–H and O–H groups in total. The van der Waals surface area contributed by atoms with E-state index in [2.05, 4.69) is 19.2 Å². The molecule has 0 radical (unpaired) electrons. The zero-order valence-electron chi connectivity index (χ0n) is 18.7. The van der Waals surface area contributed by atoms with Gasteiger partial charge in [0.25, 0.3) is 10.0 Å². The Bertz CT molecular complexity index is 1110. The Morgan fingerprint density at radius 2 is 1.41 bits per heavy atom. The molecule has 1 amide bonds. The molecule has 168 valence electrons. The number of carbonyl (C=O) groups excluding carboxylic acids is 1. The summed E-state index contributed by atoms with van der Waals surface area (Å²) >= 11 is 0. The molecule has 0 spiro atoms. The van der Waals surface area contributed by atoms with Crippen LogP contribution in [-0.2, 0) is 14.8 Å². The van der Waals surface area contributed by atoms with Crippen LogP contribution in [0.5, 0.6) is 0 Å². The number of anilines is 1. The SMILES string of the molecule is CC[C@H](NC(=O)CN(c1ccc(C(C)C)cc1)S(=O)(=O)c1ccccc1)c1ccccc1. The van der Waals surface area contributed by atoms with Gasteiger partial charge in [-0.1, -0.05) is 81.4 Å². The first-order valence-electron chi connectivity index (χ1n) is 10.8. The van der Waals surface area contributed by atoms with Gasteiger partial charge in [0.15, 0.2) is 0 Å². The number of hydrogen-bond acceptors (Lipinski definition) is 3. The third-order valence-electron chi connectivity index (χ3n) is 5.41. The Kier molecular flexibility index (Phi) is 7.70. The topological polar surface area (TPSA) is 66.5 Å². The van der Waals surface area contributed by atoms with Crippen LogP contribution in [0, 0.1) is 0 Å². The summed E-state index contributed by atoms with van der Waals surface area (Å²) in [6, 6.07) is 25.0. The van der Waals surface area contributed by atoms with E-state index in [1.54, 1.807) is 42.5 Å². The lowest BCUT2D eigenvalue weighted by atomic mass is 10.0. The fourth-order valence-corrected chi connectivity index (χ4v) is 4.98. The predicted octanol–water partition coefficient (Wildman–Crippen LogP) is 5.27. The van der Waals surface area contributed by atoms with E-state index in [9.17, 15) is 13.2 Å². The van der Waals surface area contributed by atoms with Gasteiger partial charge in [0.2, 0.25) is 5.91 Å². The monoisotopic (exact) mass is 450 g/mol. The molecule has 3 rings (SSSR count). The Hall–Kier alpha value is -3.12. The van der Waals surface area contributed by atoms with E-state index in [-0.39, 0.29) is 23.4 Å². The normalized spacial score (nSPS) is 12.4. The first kappa shape index (κ1) is 23.5. The lowest BCUT2D eigenvalue weighted by Gasteiger charge is -2.26. The Morgan fingerprint density at radius 1 is 0.844 bits per heavy atom. The third-order valence-corrected chi connectivity index (χ3v) is 7.20. The zero-order chi connectivity index (χ0) is 23.1. The van der Waals surface area contributed by atoms with Crippen molar-refractivity contribution in [3.63, 3.8) is 0 Å². The van der Waals surface area contributed by atoms with Gasteiger partial charge in [-0.3, -0.25) is 9.10 Å². The lowest BCUT2D eigenvalue weighted by Crippen LogP contribution is -2.42. The van der Waals surface area contributed by atoms with Crippen molar-refractivity contribution in [2.24, 2.45) is 0 Å². The minimum Gasteiger partial charge on any atom is -0.348 e. The van der Waals surface area contributed by atoms with Crippen molar-refractivity contribution in [2.45, 2.75) is 44.0 Å². The molecule has 0 unspecified atom stereocenters. The summed E-state index contributed by atoms with van der Waals surface area (Å²) in [5.41, 5.74) is 2.55. The summed E-state index contributed by atoms with van der Waals surface area (Å²) in [5.74, 6) is -0.0316. The highest BCUT2D eigenvalue weighted by atomic mass is 32.2. The minimum absolute atomic E-state index is 0.149. The number of nitrogens with one attached hydrogen (secondary N) is 1. The third kappa shape index (κ3) is 5.56. The number of amides is 1. The summed E-state index contributed by atoms with van der Waals surface area (Å²) in [6.07, 6.45) is 0.699. The molecule has 3 aromatic rings. The second-order valence-electron chi connectivity index (χ2n) is 8.01. The van der Waals surface area contributed by atoms with Crippen LogP contribution in [0.25, 0.3) is 0 Å². The number of rotatable bonds is 9. The molecular formula is C26H30N2O3S. The molecule has 0 aromatic heterocycles. The Morgan fingerprint density at radius 3 is 1.94 bits per heavy atom. The molecule has 32 heavy (non-hydrogen) atoms. The largest absolute Gasteiger partial charge is 0.348 e. The number of carbonyl (C=O) groups is 1. The van der Waals surface area contributed by atoms with Gasteiger partial charge < -0.3 is 5.32 Å². The van der Waals surface area contributed by atoms with Gasteiger partial charge in [0.05, 0.1) is 16.6 Å². The van der Waals surface area contributed by atoms with Gasteiger partial charge in [0.1, 0.15) is 6.54 Å². The van der Waals surface area contributed by atoms with Crippen molar-refractivity contribution in [1.82, 2.24) is 5.32 Å². The molecule has 0 heterocycles. The molecule has 5 nitrogen and oxygen atoms in total. The number of benzene rings is 3. The van der Waals surface area contributed by atoms with Gasteiger partial charge in [-0.05, 0) is 47.7 Å². The van der Waals surface area contributed by atoms with Crippen LogP contribution in [0.4, 0.5) is 5.69 Å². The average Bonchev–Trinajstić information content (AvgIpc) is 2.82. The van der Waals surface area contributed by atoms with Gasteiger partial charge in [-0.15, -0.1) is 0 Å². The highest BCUT2D eigenvalue weighted by Gasteiger charge is 2.28. The van der Waals surface area contributed by atoms with Crippen LogP contribution in [0.3, 0.4) is 0 Å². The molecule has 0 aliphatic rings. The summed E-state index contributed by atoms with van der Waals surface area (Å²) in [4.78, 5) is 13.2. The molecule has 0 fully saturated rings. The van der Waals surface area contributed by atoms with Crippen LogP contribution in [0.2, 0.25) is 0 Å². The quantitative estimate of drug-likeness (QED) is 0.483. The Balaban J connectivity index is 1.91. The molecule has 3 aromatic carbocycles. The van der Waals surface area contributed by atoms with Crippen LogP contribution in [-0.4, -0.2) is 20.9 Å². The maximum Gasteiger partial charge on any atom is 0.264 e. The van der Waals surface area contributed by atoms with Gasteiger partial charge in [0, 0.05) is 0 Å². The number of sulfonamides is 1. The van der Waals surface area contributed by atoms with Gasteiger partial charge >= 0.3 is 0 Å². The van der Waals surface area contributed by atoms with Crippen molar-refractivity contribution >= 4 is 21.6 Å². The Labute approximate surface area is 191 Å². The second-order valence-corrected chi connectivity index (χ2v) is 9.87. The molecule has 0 aliphatic carbocycles. The van der Waals surface area contributed by atoms with Gasteiger partial charge in [-0.25, -0.2) is 8.42 Å². The predicted molar refractivity (Wildman–Crippen MR) is 129 cm³/mol. The molecule has 6 heteroatoms. The maximum absolute atomic E-state index is 13.5. The van der Waals surface area contributed by atoms with E-state index in [1.165, 1.54) is 4.31 Å². The lowest BCUT2D eigenvalue weighted by molar-refractivity contribution is -0.120. The van der Waals surface area contributed by atoms with Crippen LogP contribution < -0.4 is 9.62 Å². The maximum atomic E-state index is 13.5. The van der Waals surface area contributed by atoms with Crippen molar-refractivity contribution in [3.05, 3.63) is 96.1 Å². The van der Waals surface area contributed by atoms with E-state index in [1.807, 2.05) is 49.4 Å². The van der Waals surface area contributed by atoms with E-state index in [4.69, 9.17) is 0 Å². The zero-order valence-corrected chi connectivity index (χ0v) is 19.5. The van der Waals surface area contributed by atoms with E-state index >= 15 is 0 Å². The van der Waals surface area contributed by atoms with Crippen LogP contribution in [0.1, 0.15) is 50.3 Å². The molecule has 0 saturated heterocycles. The summed E-state index contributed by atoms with van der Waals surface area (Å²) in [7, 11) is -3.92. The van der Waals surface area contributed by atoms with Crippen molar-refractivity contribution in [2.75, 3.05) is 10.8 Å². The molecule has 0 bridgehead atoms. The number of hydrogen-bond donors (Lipinski definition) is 1. The molecular weight excluding hydrogens is 420 g/mol. The van der Waals surface area contributed by atoms with Crippen LogP contribution in [0.15, 0.2) is 89.8 Å². The minimum atomic E-state index is -3.92.